The van der Waals surface area contributed by atoms with Gasteiger partial charge in [0.2, 0.25) is 0 Å². The Morgan fingerprint density at radius 2 is 2.11 bits per heavy atom. The molecule has 0 aromatic heterocycles. The molecule has 2 N–H and O–H groups in total. The Morgan fingerprint density at radius 1 is 1.33 bits per heavy atom. The molecule has 0 aliphatic heterocycles. The van der Waals surface area contributed by atoms with Crippen molar-refractivity contribution < 1.29 is 4.74 Å². The van der Waals surface area contributed by atoms with Crippen LogP contribution in [-0.4, -0.2) is 24.9 Å². The molecule has 0 radical (unpaired) electrons. The molecule has 1 aromatic carbocycles. The van der Waals surface area contributed by atoms with E-state index < -0.39 is 0 Å². The Kier molecular flexibility index (Phi) is 7.73. The van der Waals surface area contributed by atoms with Gasteiger partial charge in [0, 0.05) is 19.8 Å². The van der Waals surface area contributed by atoms with Gasteiger partial charge in [-0.05, 0) is 37.2 Å². The first-order chi connectivity index (χ1) is 8.74. The lowest BCUT2D eigenvalue weighted by molar-refractivity contribution is 0.133. The Balaban J connectivity index is 2.16. The number of thiocarbonyl (C=S) groups is 1. The maximum absolute atomic E-state index is 6.02. The summed E-state index contributed by atoms with van der Waals surface area (Å²) in [7, 11) is 0. The number of hydrogen-bond donors (Lipinski definition) is 2. The van der Waals surface area contributed by atoms with Crippen molar-refractivity contribution in [3.8, 4) is 0 Å². The van der Waals surface area contributed by atoms with Gasteiger partial charge in [-0.25, -0.2) is 0 Å². The first-order valence-electron chi connectivity index (χ1n) is 6.11. The van der Waals surface area contributed by atoms with Gasteiger partial charge >= 0.3 is 0 Å². The fourth-order valence-corrected chi connectivity index (χ4v) is 1.75. The van der Waals surface area contributed by atoms with Crippen molar-refractivity contribution >= 4 is 34.6 Å². The SMILES string of the molecule is CCCOCCCNC(=S)Nc1ccccc1Cl. The van der Waals surface area contributed by atoms with Gasteiger partial charge in [-0.3, -0.25) is 0 Å². The number of benzene rings is 1. The zero-order chi connectivity index (χ0) is 13.2. The van der Waals surface area contributed by atoms with Crippen molar-refractivity contribution in [1.29, 1.82) is 0 Å². The van der Waals surface area contributed by atoms with Gasteiger partial charge in [-0.1, -0.05) is 30.7 Å². The number of anilines is 1. The van der Waals surface area contributed by atoms with Crippen molar-refractivity contribution in [2.45, 2.75) is 19.8 Å². The van der Waals surface area contributed by atoms with E-state index in [0.717, 1.165) is 38.3 Å². The van der Waals surface area contributed by atoms with E-state index in [1.54, 1.807) is 0 Å². The molecule has 0 amide bonds. The van der Waals surface area contributed by atoms with Crippen LogP contribution in [0.4, 0.5) is 5.69 Å². The molecule has 0 saturated carbocycles. The van der Waals surface area contributed by atoms with Gasteiger partial charge in [-0.2, -0.15) is 0 Å². The Labute approximate surface area is 119 Å². The number of rotatable bonds is 7. The highest BCUT2D eigenvalue weighted by Gasteiger charge is 2.00. The van der Waals surface area contributed by atoms with E-state index in [0.29, 0.717) is 10.1 Å². The second kappa shape index (κ2) is 9.14. The molecular weight excluding hydrogens is 268 g/mol. The first-order valence-corrected chi connectivity index (χ1v) is 6.89. The molecule has 18 heavy (non-hydrogen) atoms. The lowest BCUT2D eigenvalue weighted by atomic mass is 10.3. The van der Waals surface area contributed by atoms with Gasteiger partial charge in [0.1, 0.15) is 0 Å². The average molecular weight is 287 g/mol. The molecule has 0 spiro atoms. The number of hydrogen-bond acceptors (Lipinski definition) is 2. The molecule has 0 heterocycles. The van der Waals surface area contributed by atoms with E-state index in [-0.39, 0.29) is 0 Å². The number of ether oxygens (including phenoxy) is 1. The summed E-state index contributed by atoms with van der Waals surface area (Å²) in [5.74, 6) is 0. The van der Waals surface area contributed by atoms with Crippen molar-refractivity contribution in [1.82, 2.24) is 5.32 Å². The van der Waals surface area contributed by atoms with Crippen molar-refractivity contribution in [3.63, 3.8) is 0 Å². The van der Waals surface area contributed by atoms with Crippen LogP contribution < -0.4 is 10.6 Å². The maximum Gasteiger partial charge on any atom is 0.170 e. The van der Waals surface area contributed by atoms with E-state index in [4.69, 9.17) is 28.6 Å². The fourth-order valence-electron chi connectivity index (χ4n) is 1.35. The highest BCUT2D eigenvalue weighted by Crippen LogP contribution is 2.19. The quantitative estimate of drug-likeness (QED) is 0.594. The molecule has 0 unspecified atom stereocenters. The number of para-hydroxylation sites is 1. The molecule has 0 atom stereocenters. The van der Waals surface area contributed by atoms with Crippen LogP contribution in [0, 0.1) is 0 Å². The van der Waals surface area contributed by atoms with Crippen LogP contribution in [0.2, 0.25) is 5.02 Å². The molecule has 1 aromatic rings. The Bertz CT molecular complexity index is 374. The molecule has 0 fully saturated rings. The Morgan fingerprint density at radius 3 is 2.83 bits per heavy atom. The van der Waals surface area contributed by atoms with Gasteiger partial charge in [0.05, 0.1) is 10.7 Å². The molecule has 100 valence electrons. The summed E-state index contributed by atoms with van der Waals surface area (Å²) >= 11 is 11.2. The van der Waals surface area contributed by atoms with Crippen LogP contribution in [0.3, 0.4) is 0 Å². The standard InChI is InChI=1S/C13H19ClN2OS/c1-2-9-17-10-5-8-15-13(18)16-12-7-4-3-6-11(12)14/h3-4,6-7H,2,5,8-10H2,1H3,(H2,15,16,18). The predicted octanol–water partition coefficient (Wildman–Crippen LogP) is 3.44. The second-order valence-electron chi connectivity index (χ2n) is 3.83. The van der Waals surface area contributed by atoms with E-state index >= 15 is 0 Å². The normalized spacial score (nSPS) is 10.1. The highest BCUT2D eigenvalue weighted by molar-refractivity contribution is 7.80. The number of halogens is 1. The minimum atomic E-state index is 0.582. The average Bonchev–Trinajstić information content (AvgIpc) is 2.36. The lowest BCUT2D eigenvalue weighted by Crippen LogP contribution is -2.29. The van der Waals surface area contributed by atoms with Crippen LogP contribution >= 0.6 is 23.8 Å². The molecule has 3 nitrogen and oxygen atoms in total. The minimum absolute atomic E-state index is 0.582. The van der Waals surface area contributed by atoms with E-state index in [9.17, 15) is 0 Å². The molecule has 0 aliphatic carbocycles. The van der Waals surface area contributed by atoms with E-state index in [1.165, 1.54) is 0 Å². The lowest BCUT2D eigenvalue weighted by Gasteiger charge is -2.11. The topological polar surface area (TPSA) is 33.3 Å². The van der Waals surface area contributed by atoms with Crippen LogP contribution in [0.25, 0.3) is 0 Å². The fraction of sp³-hybridized carbons (Fsp3) is 0.462. The van der Waals surface area contributed by atoms with Crippen molar-refractivity contribution in [3.05, 3.63) is 29.3 Å². The van der Waals surface area contributed by atoms with Crippen molar-refractivity contribution in [2.75, 3.05) is 25.1 Å². The van der Waals surface area contributed by atoms with E-state index in [2.05, 4.69) is 17.6 Å². The maximum atomic E-state index is 6.02. The first kappa shape index (κ1) is 15.2. The third-order valence-corrected chi connectivity index (χ3v) is 2.80. The summed E-state index contributed by atoms with van der Waals surface area (Å²) in [5, 5.41) is 7.42. The largest absolute Gasteiger partial charge is 0.381 e. The molecule has 0 saturated heterocycles. The summed E-state index contributed by atoms with van der Waals surface area (Å²) in [5.41, 5.74) is 0.818. The minimum Gasteiger partial charge on any atom is -0.381 e. The smallest absolute Gasteiger partial charge is 0.170 e. The highest BCUT2D eigenvalue weighted by atomic mass is 35.5. The summed E-state index contributed by atoms with van der Waals surface area (Å²) in [6, 6.07) is 7.51. The van der Waals surface area contributed by atoms with Crippen LogP contribution in [0.1, 0.15) is 19.8 Å². The summed E-state index contributed by atoms with van der Waals surface area (Å²) in [4.78, 5) is 0. The second-order valence-corrected chi connectivity index (χ2v) is 4.64. The van der Waals surface area contributed by atoms with Crippen LogP contribution in [0.15, 0.2) is 24.3 Å². The monoisotopic (exact) mass is 286 g/mol. The van der Waals surface area contributed by atoms with Gasteiger partial charge < -0.3 is 15.4 Å². The predicted molar refractivity (Wildman–Crippen MR) is 81.4 cm³/mol. The zero-order valence-corrected chi connectivity index (χ0v) is 12.1. The van der Waals surface area contributed by atoms with Gasteiger partial charge in [0.15, 0.2) is 5.11 Å². The third kappa shape index (κ3) is 6.19. The molecule has 0 aliphatic rings. The Hall–Kier alpha value is -0.840. The van der Waals surface area contributed by atoms with Gasteiger partial charge in [0.25, 0.3) is 0 Å². The van der Waals surface area contributed by atoms with Crippen molar-refractivity contribution in [2.24, 2.45) is 0 Å². The third-order valence-electron chi connectivity index (χ3n) is 2.22. The molecule has 5 heteroatoms. The molecular formula is C13H19ClN2OS. The van der Waals surface area contributed by atoms with Crippen LogP contribution in [-0.2, 0) is 4.74 Å². The summed E-state index contributed by atoms with van der Waals surface area (Å²) in [6.45, 7) is 4.47. The number of nitrogens with one attached hydrogen (secondary N) is 2. The van der Waals surface area contributed by atoms with Crippen LogP contribution in [0.5, 0.6) is 0 Å². The summed E-state index contributed by atoms with van der Waals surface area (Å²) in [6.07, 6.45) is 1.99. The van der Waals surface area contributed by atoms with E-state index in [1.807, 2.05) is 24.3 Å². The molecule has 0 bridgehead atoms. The zero-order valence-electron chi connectivity index (χ0n) is 10.5. The van der Waals surface area contributed by atoms with Gasteiger partial charge in [-0.15, -0.1) is 0 Å². The summed E-state index contributed by atoms with van der Waals surface area (Å²) < 4.78 is 5.38. The molecule has 1 rings (SSSR count).